The zero-order chi connectivity index (χ0) is 14.5. The minimum absolute atomic E-state index is 0.0624. The number of nitrogens with one attached hydrogen (secondary N) is 2. The van der Waals surface area contributed by atoms with Crippen LogP contribution >= 0.6 is 11.8 Å². The SMILES string of the molecule is CCCNc1ncc(F)c(Sc2nc(N)cc(=O)[nH]2)n1. The summed E-state index contributed by atoms with van der Waals surface area (Å²) in [6.07, 6.45) is 1.96. The standard InChI is InChI=1S/C11H13FN6OS/c1-2-3-14-10-15-5-6(12)9(18-10)20-11-16-7(13)4-8(19)17-11/h4-5H,2-3H2,1H3,(H,14,15,18)(H3,13,16,17,19). The van der Waals surface area contributed by atoms with Crippen LogP contribution in [0.25, 0.3) is 0 Å². The Morgan fingerprint density at radius 3 is 3.00 bits per heavy atom. The second-order valence-corrected chi connectivity index (χ2v) is 4.83. The van der Waals surface area contributed by atoms with Crippen molar-refractivity contribution in [3.8, 4) is 0 Å². The maximum absolute atomic E-state index is 13.7. The van der Waals surface area contributed by atoms with E-state index >= 15 is 0 Å². The lowest BCUT2D eigenvalue weighted by Crippen LogP contribution is -2.10. The average Bonchev–Trinajstić information content (AvgIpc) is 2.38. The van der Waals surface area contributed by atoms with Crippen molar-refractivity contribution in [1.82, 2.24) is 19.9 Å². The molecular weight excluding hydrogens is 283 g/mol. The van der Waals surface area contributed by atoms with Gasteiger partial charge in [-0.05, 0) is 18.2 Å². The van der Waals surface area contributed by atoms with Crippen LogP contribution in [0.1, 0.15) is 13.3 Å². The first-order valence-corrected chi connectivity index (χ1v) is 6.71. The van der Waals surface area contributed by atoms with Gasteiger partial charge in [-0.3, -0.25) is 4.79 Å². The summed E-state index contributed by atoms with van der Waals surface area (Å²) in [5.41, 5.74) is 5.06. The smallest absolute Gasteiger partial charge is 0.253 e. The first-order chi connectivity index (χ1) is 9.58. The van der Waals surface area contributed by atoms with Crippen molar-refractivity contribution in [2.45, 2.75) is 23.5 Å². The van der Waals surface area contributed by atoms with Gasteiger partial charge in [0.2, 0.25) is 5.95 Å². The van der Waals surface area contributed by atoms with Crippen LogP contribution in [0, 0.1) is 5.82 Å². The van der Waals surface area contributed by atoms with Crippen molar-refractivity contribution in [2.24, 2.45) is 0 Å². The molecule has 0 aromatic carbocycles. The van der Waals surface area contributed by atoms with E-state index < -0.39 is 11.4 Å². The molecule has 0 aliphatic heterocycles. The largest absolute Gasteiger partial charge is 0.383 e. The molecule has 2 aromatic rings. The number of anilines is 2. The van der Waals surface area contributed by atoms with Crippen molar-refractivity contribution in [2.75, 3.05) is 17.6 Å². The monoisotopic (exact) mass is 296 g/mol. The lowest BCUT2D eigenvalue weighted by Gasteiger charge is -2.06. The molecule has 0 saturated carbocycles. The van der Waals surface area contributed by atoms with Gasteiger partial charge in [-0.2, -0.15) is 0 Å². The molecule has 0 saturated heterocycles. The molecule has 0 radical (unpaired) electrons. The number of nitrogens with zero attached hydrogens (tertiary/aromatic N) is 3. The molecular formula is C11H13FN6OS. The third kappa shape index (κ3) is 3.67. The highest BCUT2D eigenvalue weighted by Gasteiger charge is 2.11. The van der Waals surface area contributed by atoms with E-state index in [0.29, 0.717) is 12.5 Å². The van der Waals surface area contributed by atoms with Gasteiger partial charge in [-0.15, -0.1) is 0 Å². The fraction of sp³-hybridized carbons (Fsp3) is 0.273. The Balaban J connectivity index is 2.25. The summed E-state index contributed by atoms with van der Waals surface area (Å²) in [6, 6.07) is 1.15. The molecule has 0 unspecified atom stereocenters. The number of hydrogen-bond donors (Lipinski definition) is 3. The Morgan fingerprint density at radius 1 is 1.50 bits per heavy atom. The van der Waals surface area contributed by atoms with E-state index in [4.69, 9.17) is 5.73 Å². The first-order valence-electron chi connectivity index (χ1n) is 5.89. The fourth-order valence-corrected chi connectivity index (χ4v) is 2.11. The summed E-state index contributed by atoms with van der Waals surface area (Å²) in [5.74, 6) is -0.209. The van der Waals surface area contributed by atoms with Crippen LogP contribution in [-0.4, -0.2) is 26.5 Å². The fourth-order valence-electron chi connectivity index (χ4n) is 1.34. The van der Waals surface area contributed by atoms with Gasteiger partial charge >= 0.3 is 0 Å². The van der Waals surface area contributed by atoms with Crippen molar-refractivity contribution in [3.05, 3.63) is 28.4 Å². The predicted octanol–water partition coefficient (Wildman–Crippen LogP) is 1.25. The van der Waals surface area contributed by atoms with E-state index in [1.807, 2.05) is 6.92 Å². The molecule has 0 fully saturated rings. The summed E-state index contributed by atoms with van der Waals surface area (Å²) < 4.78 is 13.7. The molecule has 2 aromatic heterocycles. The Labute approximate surface area is 118 Å². The van der Waals surface area contributed by atoms with Crippen LogP contribution in [0.5, 0.6) is 0 Å². The quantitative estimate of drug-likeness (QED) is 0.562. The molecule has 7 nitrogen and oxygen atoms in total. The number of hydrogen-bond acceptors (Lipinski definition) is 7. The molecule has 20 heavy (non-hydrogen) atoms. The second kappa shape index (κ2) is 6.33. The normalized spacial score (nSPS) is 10.5. The average molecular weight is 296 g/mol. The minimum Gasteiger partial charge on any atom is -0.383 e. The van der Waals surface area contributed by atoms with Gasteiger partial charge in [0.15, 0.2) is 11.0 Å². The lowest BCUT2D eigenvalue weighted by molar-refractivity contribution is 0.579. The van der Waals surface area contributed by atoms with Crippen LogP contribution in [0.2, 0.25) is 0 Å². The molecule has 106 valence electrons. The Morgan fingerprint density at radius 2 is 2.30 bits per heavy atom. The molecule has 0 aliphatic rings. The van der Waals surface area contributed by atoms with Gasteiger partial charge in [-0.25, -0.2) is 19.3 Å². The molecule has 4 N–H and O–H groups in total. The maximum Gasteiger partial charge on any atom is 0.253 e. The zero-order valence-corrected chi connectivity index (χ0v) is 11.5. The van der Waals surface area contributed by atoms with Gasteiger partial charge in [-0.1, -0.05) is 6.92 Å². The summed E-state index contributed by atoms with van der Waals surface area (Å²) in [6.45, 7) is 2.68. The van der Waals surface area contributed by atoms with Gasteiger partial charge in [0.1, 0.15) is 10.8 Å². The summed E-state index contributed by atoms with van der Waals surface area (Å²) in [7, 11) is 0. The first kappa shape index (κ1) is 14.3. The molecule has 9 heteroatoms. The van der Waals surface area contributed by atoms with Crippen molar-refractivity contribution < 1.29 is 4.39 Å². The molecule has 0 aliphatic carbocycles. The van der Waals surface area contributed by atoms with E-state index in [1.54, 1.807) is 0 Å². The van der Waals surface area contributed by atoms with Crippen LogP contribution < -0.4 is 16.6 Å². The van der Waals surface area contributed by atoms with Gasteiger partial charge < -0.3 is 16.0 Å². The zero-order valence-electron chi connectivity index (χ0n) is 10.7. The Hall–Kier alpha value is -2.16. The third-order valence-electron chi connectivity index (χ3n) is 2.18. The van der Waals surface area contributed by atoms with Crippen LogP contribution in [-0.2, 0) is 0 Å². The number of nitrogens with two attached hydrogens (primary N) is 1. The highest BCUT2D eigenvalue weighted by atomic mass is 32.2. The number of halogens is 1. The number of nitrogen functional groups attached to an aromatic ring is 1. The molecule has 0 atom stereocenters. The molecule has 2 heterocycles. The topological polar surface area (TPSA) is 110 Å². The molecule has 0 spiro atoms. The van der Waals surface area contributed by atoms with E-state index in [9.17, 15) is 9.18 Å². The number of rotatable bonds is 5. The molecule has 2 rings (SSSR count). The summed E-state index contributed by atoms with van der Waals surface area (Å²) in [4.78, 5) is 25.5. The van der Waals surface area contributed by atoms with E-state index in [1.165, 1.54) is 0 Å². The number of H-pyrrole nitrogens is 1. The van der Waals surface area contributed by atoms with E-state index in [2.05, 4.69) is 25.3 Å². The molecule has 0 amide bonds. The number of aromatic nitrogens is 4. The van der Waals surface area contributed by atoms with Crippen molar-refractivity contribution in [3.63, 3.8) is 0 Å². The van der Waals surface area contributed by atoms with Gasteiger partial charge in [0.25, 0.3) is 5.56 Å². The third-order valence-corrected chi connectivity index (χ3v) is 3.04. The van der Waals surface area contributed by atoms with E-state index in [-0.39, 0.29) is 16.0 Å². The van der Waals surface area contributed by atoms with E-state index in [0.717, 1.165) is 30.4 Å². The minimum atomic E-state index is -0.595. The highest BCUT2D eigenvalue weighted by Crippen LogP contribution is 2.25. The Bertz CT molecular complexity index is 662. The van der Waals surface area contributed by atoms with Gasteiger partial charge in [0, 0.05) is 12.6 Å². The van der Waals surface area contributed by atoms with Gasteiger partial charge in [0.05, 0.1) is 6.20 Å². The van der Waals surface area contributed by atoms with Crippen molar-refractivity contribution in [1.29, 1.82) is 0 Å². The summed E-state index contributed by atoms with van der Waals surface area (Å²) in [5, 5.41) is 3.19. The van der Waals surface area contributed by atoms with Crippen LogP contribution in [0.15, 0.2) is 27.2 Å². The second-order valence-electron chi connectivity index (χ2n) is 3.85. The highest BCUT2D eigenvalue weighted by molar-refractivity contribution is 7.99. The van der Waals surface area contributed by atoms with Crippen molar-refractivity contribution >= 4 is 23.5 Å². The molecule has 0 bridgehead atoms. The van der Waals surface area contributed by atoms with Crippen LogP contribution in [0.4, 0.5) is 16.2 Å². The number of aromatic amines is 1. The summed E-state index contributed by atoms with van der Waals surface area (Å²) >= 11 is 0.877. The van der Waals surface area contributed by atoms with Crippen LogP contribution in [0.3, 0.4) is 0 Å². The lowest BCUT2D eigenvalue weighted by atomic mass is 10.5. The Kier molecular flexibility index (Phi) is 4.51. The maximum atomic E-state index is 13.7. The predicted molar refractivity (Wildman–Crippen MR) is 74.2 cm³/mol.